The fraction of sp³-hybridized carbons (Fsp3) is 0.238. The first-order valence-electron chi connectivity index (χ1n) is 9.51. The third-order valence-corrected chi connectivity index (χ3v) is 7.22. The van der Waals surface area contributed by atoms with E-state index in [-0.39, 0.29) is 11.6 Å². The van der Waals surface area contributed by atoms with Gasteiger partial charge in [-0.25, -0.2) is 4.98 Å². The molecule has 1 aliphatic heterocycles. The molecule has 0 amide bonds. The summed E-state index contributed by atoms with van der Waals surface area (Å²) in [5, 5.41) is 11.2. The maximum atomic E-state index is 12.9. The van der Waals surface area contributed by atoms with E-state index in [1.54, 1.807) is 28.1 Å². The van der Waals surface area contributed by atoms with Gasteiger partial charge in [0, 0.05) is 23.6 Å². The van der Waals surface area contributed by atoms with Crippen LogP contribution in [-0.2, 0) is 6.54 Å². The fourth-order valence-electron chi connectivity index (χ4n) is 3.56. The molecular formula is C21H19N5OS2. The Bertz CT molecular complexity index is 1240. The van der Waals surface area contributed by atoms with Crippen LogP contribution in [0, 0.1) is 0 Å². The number of nitrogens with zero attached hydrogens (tertiary/aromatic N) is 5. The molecule has 0 saturated heterocycles. The lowest BCUT2D eigenvalue weighted by Crippen LogP contribution is -2.23. The van der Waals surface area contributed by atoms with Crippen LogP contribution in [0.2, 0.25) is 0 Å². The second-order valence-corrected chi connectivity index (χ2v) is 8.75. The Labute approximate surface area is 176 Å². The zero-order chi connectivity index (χ0) is 19.8. The van der Waals surface area contributed by atoms with Crippen molar-refractivity contribution >= 4 is 34.4 Å². The van der Waals surface area contributed by atoms with E-state index in [4.69, 9.17) is 4.98 Å². The summed E-state index contributed by atoms with van der Waals surface area (Å²) in [6.45, 7) is 2.59. The molecule has 29 heavy (non-hydrogen) atoms. The van der Waals surface area contributed by atoms with E-state index >= 15 is 0 Å². The van der Waals surface area contributed by atoms with Crippen LogP contribution in [0.15, 0.2) is 69.7 Å². The highest BCUT2D eigenvalue weighted by molar-refractivity contribution is 8.00. The quantitative estimate of drug-likeness (QED) is 0.357. The monoisotopic (exact) mass is 421 g/mol. The Balaban J connectivity index is 1.46. The Morgan fingerprint density at radius 3 is 2.72 bits per heavy atom. The molecule has 3 heterocycles. The van der Waals surface area contributed by atoms with Crippen molar-refractivity contribution in [3.05, 3.63) is 65.0 Å². The summed E-state index contributed by atoms with van der Waals surface area (Å²) in [5.41, 5.74) is 1.84. The van der Waals surface area contributed by atoms with Crippen LogP contribution in [0.4, 0.5) is 0 Å². The summed E-state index contributed by atoms with van der Waals surface area (Å²) >= 11 is 3.36. The van der Waals surface area contributed by atoms with Gasteiger partial charge in [0.1, 0.15) is 0 Å². The average Bonchev–Trinajstić information content (AvgIpc) is 3.35. The van der Waals surface area contributed by atoms with Gasteiger partial charge in [0.05, 0.1) is 16.9 Å². The molecule has 1 atom stereocenters. The van der Waals surface area contributed by atoms with Crippen molar-refractivity contribution in [2.45, 2.75) is 29.8 Å². The smallest absolute Gasteiger partial charge is 0.262 e. The van der Waals surface area contributed by atoms with Crippen molar-refractivity contribution in [2.24, 2.45) is 0 Å². The van der Waals surface area contributed by atoms with Crippen molar-refractivity contribution in [3.8, 4) is 11.4 Å². The Morgan fingerprint density at radius 2 is 1.90 bits per heavy atom. The average molecular weight is 422 g/mol. The Morgan fingerprint density at radius 1 is 1.10 bits per heavy atom. The van der Waals surface area contributed by atoms with Gasteiger partial charge in [-0.1, -0.05) is 66.0 Å². The summed E-state index contributed by atoms with van der Waals surface area (Å²) in [7, 11) is 0. The standard InChI is InChI=1S/C21H19N5OS2/c1-2-25-19(27)16-10-6-7-11-17(16)22-20(25)28-12-15-13-29-21-24-23-18(26(15)21)14-8-4-3-5-9-14/h3-11,15H,2,12-13H2,1H3/t15-/m1/s1. The van der Waals surface area contributed by atoms with Crippen molar-refractivity contribution in [2.75, 3.05) is 11.5 Å². The fourth-order valence-corrected chi connectivity index (χ4v) is 5.93. The minimum Gasteiger partial charge on any atom is -0.297 e. The minimum absolute atomic E-state index is 0.0244. The van der Waals surface area contributed by atoms with Crippen LogP contribution >= 0.6 is 23.5 Å². The molecule has 146 valence electrons. The number of fused-ring (bicyclic) bond motifs is 2. The van der Waals surface area contributed by atoms with Gasteiger partial charge < -0.3 is 0 Å². The Kier molecular flexibility index (Phi) is 4.89. The Hall–Kier alpha value is -2.58. The summed E-state index contributed by atoms with van der Waals surface area (Å²) in [4.78, 5) is 17.6. The highest BCUT2D eigenvalue weighted by Gasteiger charge is 2.29. The van der Waals surface area contributed by atoms with Crippen LogP contribution in [0.5, 0.6) is 0 Å². The van der Waals surface area contributed by atoms with Gasteiger partial charge in [0.15, 0.2) is 16.1 Å². The van der Waals surface area contributed by atoms with Crippen molar-refractivity contribution in [3.63, 3.8) is 0 Å². The first-order valence-corrected chi connectivity index (χ1v) is 11.5. The summed E-state index contributed by atoms with van der Waals surface area (Å²) in [5.74, 6) is 2.65. The van der Waals surface area contributed by atoms with Crippen LogP contribution in [0.3, 0.4) is 0 Å². The molecule has 0 aliphatic carbocycles. The van der Waals surface area contributed by atoms with E-state index in [9.17, 15) is 4.79 Å². The topological polar surface area (TPSA) is 65.6 Å². The lowest BCUT2D eigenvalue weighted by molar-refractivity contribution is 0.592. The van der Waals surface area contributed by atoms with E-state index in [2.05, 4.69) is 26.9 Å². The lowest BCUT2D eigenvalue weighted by atomic mass is 10.2. The summed E-state index contributed by atoms with van der Waals surface area (Å²) in [6.07, 6.45) is 0. The first-order chi connectivity index (χ1) is 14.3. The van der Waals surface area contributed by atoms with E-state index in [0.29, 0.717) is 11.9 Å². The zero-order valence-electron chi connectivity index (χ0n) is 15.9. The molecule has 4 aromatic rings. The van der Waals surface area contributed by atoms with Crippen molar-refractivity contribution in [1.29, 1.82) is 0 Å². The first kappa shape index (κ1) is 18.4. The third-order valence-electron chi connectivity index (χ3n) is 5.01. The predicted octanol–water partition coefficient (Wildman–Crippen LogP) is 4.11. The van der Waals surface area contributed by atoms with Crippen molar-refractivity contribution < 1.29 is 0 Å². The molecule has 0 unspecified atom stereocenters. The molecule has 2 aromatic heterocycles. The van der Waals surface area contributed by atoms with E-state index in [1.165, 1.54) is 0 Å². The van der Waals surface area contributed by atoms with E-state index < -0.39 is 0 Å². The van der Waals surface area contributed by atoms with Gasteiger partial charge >= 0.3 is 0 Å². The SMILES string of the molecule is CCn1c(SC[C@@H]2CSc3nnc(-c4ccccc4)n32)nc2ccccc2c1=O. The molecule has 0 N–H and O–H groups in total. The second kappa shape index (κ2) is 7.68. The largest absolute Gasteiger partial charge is 0.297 e. The van der Waals surface area contributed by atoms with Crippen LogP contribution in [0.1, 0.15) is 13.0 Å². The van der Waals surface area contributed by atoms with Gasteiger partial charge in [-0.05, 0) is 19.1 Å². The van der Waals surface area contributed by atoms with Gasteiger partial charge in [-0.2, -0.15) is 0 Å². The van der Waals surface area contributed by atoms with E-state index in [0.717, 1.165) is 38.7 Å². The van der Waals surface area contributed by atoms with Gasteiger partial charge in [-0.15, -0.1) is 10.2 Å². The van der Waals surface area contributed by atoms with Crippen LogP contribution in [0.25, 0.3) is 22.3 Å². The number of hydrogen-bond acceptors (Lipinski definition) is 6. The number of benzene rings is 2. The number of thioether (sulfide) groups is 2. The molecule has 2 aromatic carbocycles. The maximum Gasteiger partial charge on any atom is 0.262 e. The third kappa shape index (κ3) is 3.26. The normalized spacial score (nSPS) is 15.7. The lowest BCUT2D eigenvalue weighted by Gasteiger charge is -2.16. The van der Waals surface area contributed by atoms with E-state index in [1.807, 2.05) is 49.4 Å². The number of rotatable bonds is 5. The highest BCUT2D eigenvalue weighted by atomic mass is 32.2. The molecule has 0 spiro atoms. The van der Waals surface area contributed by atoms with Gasteiger partial charge in [0.25, 0.3) is 5.56 Å². The van der Waals surface area contributed by atoms with Crippen molar-refractivity contribution in [1.82, 2.24) is 24.3 Å². The molecule has 0 saturated carbocycles. The summed E-state index contributed by atoms with van der Waals surface area (Å²) in [6, 6.07) is 17.9. The zero-order valence-corrected chi connectivity index (χ0v) is 17.5. The molecule has 8 heteroatoms. The van der Waals surface area contributed by atoms with Crippen LogP contribution in [-0.4, -0.2) is 35.8 Å². The predicted molar refractivity (Wildman–Crippen MR) is 118 cm³/mol. The molecule has 5 rings (SSSR count). The maximum absolute atomic E-state index is 12.9. The molecule has 6 nitrogen and oxygen atoms in total. The van der Waals surface area contributed by atoms with Gasteiger partial charge in [-0.3, -0.25) is 13.9 Å². The second-order valence-electron chi connectivity index (χ2n) is 6.78. The number of para-hydroxylation sites is 1. The molecular weight excluding hydrogens is 402 g/mol. The molecule has 0 bridgehead atoms. The molecule has 0 fully saturated rings. The minimum atomic E-state index is 0.0244. The van der Waals surface area contributed by atoms with Gasteiger partial charge in [0.2, 0.25) is 0 Å². The van der Waals surface area contributed by atoms with Crippen LogP contribution < -0.4 is 5.56 Å². The molecule has 1 aliphatic rings. The number of hydrogen-bond donors (Lipinski definition) is 0. The molecule has 0 radical (unpaired) electrons. The summed E-state index contributed by atoms with van der Waals surface area (Å²) < 4.78 is 3.99. The highest BCUT2D eigenvalue weighted by Crippen LogP contribution is 2.38. The number of aromatic nitrogens is 5.